The summed E-state index contributed by atoms with van der Waals surface area (Å²) in [6, 6.07) is 13.8. The minimum absolute atomic E-state index is 0.00742. The first kappa shape index (κ1) is 21.1. The van der Waals surface area contributed by atoms with Gasteiger partial charge in [0.1, 0.15) is 16.9 Å². The monoisotopic (exact) mass is 484 g/mol. The number of urea groups is 1. The number of imide groups is 1. The second-order valence-electron chi connectivity index (χ2n) is 7.73. The van der Waals surface area contributed by atoms with Crippen molar-refractivity contribution in [2.45, 2.75) is 31.8 Å². The number of hydrogen-bond acceptors (Lipinski definition) is 5. The molecule has 160 valence electrons. The van der Waals surface area contributed by atoms with Crippen LogP contribution >= 0.6 is 15.9 Å². The van der Waals surface area contributed by atoms with Crippen LogP contribution in [0, 0.1) is 0 Å². The maximum atomic E-state index is 13.2. The molecule has 2 heterocycles. The second-order valence-corrected chi connectivity index (χ2v) is 8.65. The molecular formula is C23H21BrN2O5. The van der Waals surface area contributed by atoms with Crippen molar-refractivity contribution in [1.29, 1.82) is 0 Å². The van der Waals surface area contributed by atoms with Crippen LogP contribution in [0.1, 0.15) is 24.5 Å². The Hall–Kier alpha value is -3.13. The molecule has 0 unspecified atom stereocenters. The number of amides is 3. The van der Waals surface area contributed by atoms with Crippen molar-refractivity contribution in [2.24, 2.45) is 0 Å². The molecule has 1 atom stereocenters. The molecule has 3 amide bonds. The van der Waals surface area contributed by atoms with Crippen molar-refractivity contribution in [3.8, 4) is 5.75 Å². The van der Waals surface area contributed by atoms with Crippen LogP contribution in [0.2, 0.25) is 0 Å². The number of carbonyl (C=O) groups is 2. The summed E-state index contributed by atoms with van der Waals surface area (Å²) in [5.74, 6) is 0.447. The number of benzene rings is 2. The Morgan fingerprint density at radius 2 is 1.84 bits per heavy atom. The summed E-state index contributed by atoms with van der Waals surface area (Å²) < 4.78 is 11.2. The van der Waals surface area contributed by atoms with Crippen molar-refractivity contribution in [3.63, 3.8) is 0 Å². The van der Waals surface area contributed by atoms with Crippen LogP contribution in [0.3, 0.4) is 0 Å². The van der Waals surface area contributed by atoms with E-state index in [1.807, 2.05) is 30.3 Å². The van der Waals surface area contributed by atoms with Gasteiger partial charge in [0.15, 0.2) is 0 Å². The van der Waals surface area contributed by atoms with Gasteiger partial charge in [0.05, 0.1) is 13.7 Å². The smallest absolute Gasteiger partial charge is 0.336 e. The highest BCUT2D eigenvalue weighted by Crippen LogP contribution is 2.28. The Kier molecular flexibility index (Phi) is 5.58. The van der Waals surface area contributed by atoms with E-state index in [2.05, 4.69) is 21.2 Å². The maximum Gasteiger partial charge on any atom is 0.336 e. The molecule has 1 aliphatic rings. The number of nitrogens with one attached hydrogen (secondary N) is 1. The molecule has 1 saturated heterocycles. The molecule has 31 heavy (non-hydrogen) atoms. The maximum absolute atomic E-state index is 13.2. The van der Waals surface area contributed by atoms with E-state index in [1.165, 1.54) is 6.07 Å². The van der Waals surface area contributed by atoms with Crippen LogP contribution in [0.4, 0.5) is 4.79 Å². The molecule has 1 N–H and O–H groups in total. The lowest BCUT2D eigenvalue weighted by atomic mass is 9.93. The standard InChI is InChI=1S/C23H21BrN2O5/c1-23(10-9-14-3-6-17(30-2)7-4-14)21(28)26(22(29)25-23)13-15-11-20(27)31-19-12-16(24)5-8-18(15)19/h3-8,11-12H,9-10,13H2,1-2H3,(H,25,29)/t23-/m1/s1. The number of ether oxygens (including phenoxy) is 1. The van der Waals surface area contributed by atoms with E-state index in [0.717, 1.165) is 20.7 Å². The topological polar surface area (TPSA) is 88.8 Å². The Morgan fingerprint density at radius 3 is 2.55 bits per heavy atom. The Balaban J connectivity index is 1.54. The van der Waals surface area contributed by atoms with Crippen molar-refractivity contribution in [1.82, 2.24) is 10.2 Å². The molecule has 0 spiro atoms. The molecule has 1 aliphatic heterocycles. The van der Waals surface area contributed by atoms with Gasteiger partial charge in [-0.25, -0.2) is 9.59 Å². The fourth-order valence-electron chi connectivity index (χ4n) is 3.75. The van der Waals surface area contributed by atoms with Gasteiger partial charge in [-0.15, -0.1) is 0 Å². The fraction of sp³-hybridized carbons (Fsp3) is 0.261. The summed E-state index contributed by atoms with van der Waals surface area (Å²) in [6.45, 7) is 1.72. The summed E-state index contributed by atoms with van der Waals surface area (Å²) in [5, 5.41) is 3.49. The Bertz CT molecular complexity index is 1220. The van der Waals surface area contributed by atoms with Gasteiger partial charge in [-0.3, -0.25) is 9.69 Å². The molecule has 2 aromatic carbocycles. The Morgan fingerprint density at radius 1 is 1.10 bits per heavy atom. The number of hydrogen-bond donors (Lipinski definition) is 1. The van der Waals surface area contributed by atoms with E-state index in [0.29, 0.717) is 29.4 Å². The van der Waals surface area contributed by atoms with Crippen molar-refractivity contribution in [3.05, 3.63) is 74.6 Å². The van der Waals surface area contributed by atoms with E-state index >= 15 is 0 Å². The zero-order valence-electron chi connectivity index (χ0n) is 17.1. The molecule has 7 nitrogen and oxygen atoms in total. The fourth-order valence-corrected chi connectivity index (χ4v) is 4.09. The van der Waals surface area contributed by atoms with Crippen LogP contribution in [-0.4, -0.2) is 29.5 Å². The largest absolute Gasteiger partial charge is 0.497 e. The third-order valence-electron chi connectivity index (χ3n) is 5.54. The normalized spacial score (nSPS) is 18.5. The number of carbonyl (C=O) groups excluding carboxylic acids is 2. The van der Waals surface area contributed by atoms with Gasteiger partial charge in [-0.1, -0.05) is 28.1 Å². The molecule has 0 bridgehead atoms. The van der Waals surface area contributed by atoms with Crippen molar-refractivity contribution >= 4 is 38.8 Å². The minimum Gasteiger partial charge on any atom is -0.497 e. The molecule has 0 aliphatic carbocycles. The average molecular weight is 485 g/mol. The lowest BCUT2D eigenvalue weighted by Crippen LogP contribution is -2.44. The molecule has 0 saturated carbocycles. The van der Waals surface area contributed by atoms with Crippen LogP contribution in [0.5, 0.6) is 5.75 Å². The summed E-state index contributed by atoms with van der Waals surface area (Å²) in [7, 11) is 1.61. The van der Waals surface area contributed by atoms with Gasteiger partial charge in [0, 0.05) is 15.9 Å². The van der Waals surface area contributed by atoms with Gasteiger partial charge < -0.3 is 14.5 Å². The van der Waals surface area contributed by atoms with Crippen LogP contribution in [0.25, 0.3) is 11.0 Å². The highest BCUT2D eigenvalue weighted by Gasteiger charge is 2.47. The van der Waals surface area contributed by atoms with E-state index < -0.39 is 17.2 Å². The number of halogens is 1. The first-order valence-corrected chi connectivity index (χ1v) is 10.6. The molecular weight excluding hydrogens is 464 g/mol. The molecule has 1 fully saturated rings. The second kappa shape index (κ2) is 8.19. The number of fused-ring (bicyclic) bond motifs is 1. The number of aryl methyl sites for hydroxylation is 1. The van der Waals surface area contributed by atoms with Crippen molar-refractivity contribution in [2.75, 3.05) is 7.11 Å². The van der Waals surface area contributed by atoms with Gasteiger partial charge in [0.2, 0.25) is 0 Å². The highest BCUT2D eigenvalue weighted by molar-refractivity contribution is 9.10. The van der Waals surface area contributed by atoms with Crippen LogP contribution in [-0.2, 0) is 17.8 Å². The lowest BCUT2D eigenvalue weighted by molar-refractivity contribution is -0.131. The number of nitrogens with zero attached hydrogens (tertiary/aromatic N) is 1. The number of rotatable bonds is 6. The first-order valence-electron chi connectivity index (χ1n) is 9.78. The third kappa shape index (κ3) is 4.20. The highest BCUT2D eigenvalue weighted by atomic mass is 79.9. The average Bonchev–Trinajstić information content (AvgIpc) is 2.95. The first-order chi connectivity index (χ1) is 14.8. The van der Waals surface area contributed by atoms with Gasteiger partial charge in [-0.2, -0.15) is 0 Å². The molecule has 8 heteroatoms. The van der Waals surface area contributed by atoms with Gasteiger partial charge >= 0.3 is 11.7 Å². The zero-order chi connectivity index (χ0) is 22.2. The SMILES string of the molecule is COc1ccc(CC[C@@]2(C)NC(=O)N(Cc3cc(=O)oc4cc(Br)ccc34)C2=O)cc1. The third-order valence-corrected chi connectivity index (χ3v) is 6.03. The predicted octanol–water partition coefficient (Wildman–Crippen LogP) is 4.01. The van der Waals surface area contributed by atoms with Gasteiger partial charge in [0.25, 0.3) is 5.91 Å². The van der Waals surface area contributed by atoms with E-state index in [-0.39, 0.29) is 12.5 Å². The van der Waals surface area contributed by atoms with Crippen LogP contribution < -0.4 is 15.7 Å². The van der Waals surface area contributed by atoms with Crippen LogP contribution in [0.15, 0.2) is 62.2 Å². The van der Waals surface area contributed by atoms with E-state index in [9.17, 15) is 14.4 Å². The molecule has 0 radical (unpaired) electrons. The summed E-state index contributed by atoms with van der Waals surface area (Å²) in [5.41, 5.74) is 0.442. The van der Waals surface area contributed by atoms with E-state index in [4.69, 9.17) is 9.15 Å². The molecule has 1 aromatic heterocycles. The zero-order valence-corrected chi connectivity index (χ0v) is 18.7. The molecule has 4 rings (SSSR count). The predicted molar refractivity (Wildman–Crippen MR) is 119 cm³/mol. The Labute approximate surface area is 187 Å². The van der Waals surface area contributed by atoms with E-state index in [1.54, 1.807) is 26.2 Å². The molecule has 3 aromatic rings. The van der Waals surface area contributed by atoms with Crippen molar-refractivity contribution < 1.29 is 18.7 Å². The summed E-state index contributed by atoms with van der Waals surface area (Å²) >= 11 is 3.35. The summed E-state index contributed by atoms with van der Waals surface area (Å²) in [6.07, 6.45) is 1.07. The minimum atomic E-state index is -1.02. The van der Waals surface area contributed by atoms with Gasteiger partial charge in [-0.05, 0) is 61.2 Å². The number of methoxy groups -OCH3 is 1. The quantitative estimate of drug-likeness (QED) is 0.421. The lowest BCUT2D eigenvalue weighted by Gasteiger charge is -2.22. The summed E-state index contributed by atoms with van der Waals surface area (Å²) in [4.78, 5) is 38.9.